The molecule has 0 fully saturated rings. The van der Waals surface area contributed by atoms with E-state index in [1.807, 2.05) is 6.92 Å². The third-order valence-corrected chi connectivity index (χ3v) is 3.89. The van der Waals surface area contributed by atoms with E-state index >= 15 is 0 Å². The smallest absolute Gasteiger partial charge is 0.226 e. The predicted molar refractivity (Wildman–Crippen MR) is 110 cm³/mol. The van der Waals surface area contributed by atoms with Gasteiger partial charge in [-0.05, 0) is 55.5 Å². The summed E-state index contributed by atoms with van der Waals surface area (Å²) in [4.78, 5) is 36.8. The lowest BCUT2D eigenvalue weighted by atomic mass is 10.2. The zero-order chi connectivity index (χ0) is 20.5. The Bertz CT molecular complexity index is 817. The highest BCUT2D eigenvalue weighted by atomic mass is 16.5. The molecule has 0 radical (unpaired) electrons. The van der Waals surface area contributed by atoms with Crippen molar-refractivity contribution in [3.63, 3.8) is 0 Å². The normalized spacial score (nSPS) is 10.1. The quantitative estimate of drug-likeness (QED) is 0.731. The average molecular weight is 383 g/mol. The van der Waals surface area contributed by atoms with Gasteiger partial charge in [0.1, 0.15) is 5.75 Å². The average Bonchev–Trinajstić information content (AvgIpc) is 2.64. The number of nitrogens with one attached hydrogen (secondary N) is 2. The standard InChI is InChI=1S/C21H25N3O4/c1-4-28-20-11-9-19(10-12-20)24(16(3)26)14-13-21(27)23-18-7-5-17(6-8-18)22-15(2)25/h5-12H,4,13-14H2,1-3H3,(H,22,25)(H,23,27). The van der Waals surface area contributed by atoms with Gasteiger partial charge in [-0.1, -0.05) is 0 Å². The highest BCUT2D eigenvalue weighted by Gasteiger charge is 2.14. The second kappa shape index (κ2) is 10.1. The van der Waals surface area contributed by atoms with E-state index in [0.29, 0.717) is 23.7 Å². The van der Waals surface area contributed by atoms with Crippen LogP contribution in [0.25, 0.3) is 0 Å². The van der Waals surface area contributed by atoms with Gasteiger partial charge in [-0.15, -0.1) is 0 Å². The maximum atomic E-state index is 12.2. The van der Waals surface area contributed by atoms with Gasteiger partial charge in [0.15, 0.2) is 0 Å². The summed E-state index contributed by atoms with van der Waals surface area (Å²) in [6, 6.07) is 14.0. The Balaban J connectivity index is 1.92. The largest absolute Gasteiger partial charge is 0.494 e. The number of ether oxygens (including phenoxy) is 1. The number of rotatable bonds is 8. The van der Waals surface area contributed by atoms with Crippen LogP contribution in [-0.2, 0) is 14.4 Å². The molecular formula is C21H25N3O4. The molecule has 0 aliphatic rings. The number of benzene rings is 2. The number of anilines is 3. The van der Waals surface area contributed by atoms with Gasteiger partial charge in [0, 0.05) is 43.9 Å². The van der Waals surface area contributed by atoms with Gasteiger partial charge in [-0.25, -0.2) is 0 Å². The predicted octanol–water partition coefficient (Wildman–Crippen LogP) is 3.43. The zero-order valence-corrected chi connectivity index (χ0v) is 16.3. The summed E-state index contributed by atoms with van der Waals surface area (Å²) in [5.74, 6) is 0.228. The van der Waals surface area contributed by atoms with Crippen LogP contribution in [-0.4, -0.2) is 30.9 Å². The molecule has 0 unspecified atom stereocenters. The monoisotopic (exact) mass is 383 g/mol. The van der Waals surface area contributed by atoms with E-state index in [4.69, 9.17) is 4.74 Å². The van der Waals surface area contributed by atoms with Crippen molar-refractivity contribution in [2.75, 3.05) is 28.7 Å². The summed E-state index contributed by atoms with van der Waals surface area (Å²) in [6.45, 7) is 5.64. The molecule has 0 bridgehead atoms. The number of carbonyl (C=O) groups is 3. The lowest BCUT2D eigenvalue weighted by molar-refractivity contribution is -0.117. The molecule has 0 saturated carbocycles. The van der Waals surface area contributed by atoms with Crippen molar-refractivity contribution in [1.29, 1.82) is 0 Å². The second-order valence-electron chi connectivity index (χ2n) is 6.15. The molecule has 0 heterocycles. The Morgan fingerprint density at radius 1 is 0.893 bits per heavy atom. The van der Waals surface area contributed by atoms with Crippen molar-refractivity contribution < 1.29 is 19.1 Å². The molecule has 2 rings (SSSR count). The first-order valence-electron chi connectivity index (χ1n) is 9.07. The molecule has 28 heavy (non-hydrogen) atoms. The Morgan fingerprint density at radius 2 is 1.46 bits per heavy atom. The van der Waals surface area contributed by atoms with E-state index in [0.717, 1.165) is 5.75 Å². The summed E-state index contributed by atoms with van der Waals surface area (Å²) in [5, 5.41) is 5.45. The number of nitrogens with zero attached hydrogens (tertiary/aromatic N) is 1. The molecule has 0 aromatic heterocycles. The van der Waals surface area contributed by atoms with Gasteiger partial charge in [0.05, 0.1) is 6.61 Å². The summed E-state index contributed by atoms with van der Waals surface area (Å²) in [6.07, 6.45) is 0.153. The first kappa shape index (κ1) is 21.0. The minimum Gasteiger partial charge on any atom is -0.494 e. The Morgan fingerprint density at radius 3 is 1.96 bits per heavy atom. The summed E-state index contributed by atoms with van der Waals surface area (Å²) >= 11 is 0. The molecule has 7 nitrogen and oxygen atoms in total. The summed E-state index contributed by atoms with van der Waals surface area (Å²) < 4.78 is 5.40. The van der Waals surface area contributed by atoms with Crippen LogP contribution in [0.4, 0.5) is 17.1 Å². The van der Waals surface area contributed by atoms with Crippen molar-refractivity contribution in [3.8, 4) is 5.75 Å². The number of hydrogen-bond donors (Lipinski definition) is 2. The minimum atomic E-state index is -0.204. The number of carbonyl (C=O) groups excluding carboxylic acids is 3. The summed E-state index contributed by atoms with van der Waals surface area (Å²) in [5.41, 5.74) is 1.99. The van der Waals surface area contributed by atoms with E-state index in [1.54, 1.807) is 53.4 Å². The molecule has 0 saturated heterocycles. The fourth-order valence-corrected chi connectivity index (χ4v) is 2.63. The van der Waals surface area contributed by atoms with Gasteiger partial charge in [0.25, 0.3) is 0 Å². The SMILES string of the molecule is CCOc1ccc(N(CCC(=O)Nc2ccc(NC(C)=O)cc2)C(C)=O)cc1. The first-order chi connectivity index (χ1) is 13.4. The van der Waals surface area contributed by atoms with E-state index in [-0.39, 0.29) is 30.7 Å². The highest BCUT2D eigenvalue weighted by Crippen LogP contribution is 2.20. The number of hydrogen-bond acceptors (Lipinski definition) is 4. The van der Waals surface area contributed by atoms with Crippen LogP contribution in [0, 0.1) is 0 Å². The highest BCUT2D eigenvalue weighted by molar-refractivity contribution is 5.95. The summed E-state index contributed by atoms with van der Waals surface area (Å²) in [7, 11) is 0. The molecule has 2 N–H and O–H groups in total. The van der Waals surface area contributed by atoms with Crippen LogP contribution in [0.2, 0.25) is 0 Å². The maximum absolute atomic E-state index is 12.2. The fourth-order valence-electron chi connectivity index (χ4n) is 2.63. The molecule has 0 atom stereocenters. The topological polar surface area (TPSA) is 87.7 Å². The van der Waals surface area contributed by atoms with Gasteiger partial charge in [0.2, 0.25) is 17.7 Å². The fraction of sp³-hybridized carbons (Fsp3) is 0.286. The lowest BCUT2D eigenvalue weighted by Gasteiger charge is -2.21. The third-order valence-electron chi connectivity index (χ3n) is 3.89. The van der Waals surface area contributed by atoms with Crippen molar-refractivity contribution >= 4 is 34.8 Å². The van der Waals surface area contributed by atoms with Crippen LogP contribution in [0.5, 0.6) is 5.75 Å². The van der Waals surface area contributed by atoms with E-state index < -0.39 is 0 Å². The first-order valence-corrected chi connectivity index (χ1v) is 9.07. The van der Waals surface area contributed by atoms with Crippen molar-refractivity contribution in [2.24, 2.45) is 0 Å². The van der Waals surface area contributed by atoms with E-state index in [1.165, 1.54) is 13.8 Å². The van der Waals surface area contributed by atoms with Gasteiger partial charge in [-0.2, -0.15) is 0 Å². The van der Waals surface area contributed by atoms with E-state index in [2.05, 4.69) is 10.6 Å². The van der Waals surface area contributed by atoms with Crippen LogP contribution >= 0.6 is 0 Å². The number of amides is 3. The van der Waals surface area contributed by atoms with Crippen LogP contribution in [0.3, 0.4) is 0 Å². The van der Waals surface area contributed by atoms with Crippen LogP contribution < -0.4 is 20.3 Å². The molecule has 2 aromatic rings. The third kappa shape index (κ3) is 6.42. The van der Waals surface area contributed by atoms with Crippen molar-refractivity contribution in [2.45, 2.75) is 27.2 Å². The second-order valence-corrected chi connectivity index (χ2v) is 6.15. The van der Waals surface area contributed by atoms with Crippen molar-refractivity contribution in [3.05, 3.63) is 48.5 Å². The maximum Gasteiger partial charge on any atom is 0.226 e. The van der Waals surface area contributed by atoms with Crippen LogP contribution in [0.15, 0.2) is 48.5 Å². The zero-order valence-electron chi connectivity index (χ0n) is 16.3. The molecule has 148 valence electrons. The van der Waals surface area contributed by atoms with Gasteiger partial charge in [-0.3, -0.25) is 14.4 Å². The lowest BCUT2D eigenvalue weighted by Crippen LogP contribution is -2.31. The molecule has 0 aliphatic heterocycles. The van der Waals surface area contributed by atoms with E-state index in [9.17, 15) is 14.4 Å². The molecule has 3 amide bonds. The Hall–Kier alpha value is -3.35. The Kier molecular flexibility index (Phi) is 7.56. The molecular weight excluding hydrogens is 358 g/mol. The van der Waals surface area contributed by atoms with Crippen molar-refractivity contribution in [1.82, 2.24) is 0 Å². The molecule has 0 spiro atoms. The molecule has 2 aromatic carbocycles. The van der Waals surface area contributed by atoms with Gasteiger partial charge >= 0.3 is 0 Å². The van der Waals surface area contributed by atoms with Gasteiger partial charge < -0.3 is 20.3 Å². The molecule has 0 aliphatic carbocycles. The Labute approximate surface area is 164 Å². The minimum absolute atomic E-state index is 0.142. The van der Waals surface area contributed by atoms with Crippen LogP contribution in [0.1, 0.15) is 27.2 Å². The molecule has 7 heteroatoms.